The van der Waals surface area contributed by atoms with Gasteiger partial charge >= 0.3 is 0 Å². The van der Waals surface area contributed by atoms with E-state index < -0.39 is 0 Å². The van der Waals surface area contributed by atoms with Gasteiger partial charge in [-0.05, 0) is 31.0 Å². The molecule has 0 saturated heterocycles. The van der Waals surface area contributed by atoms with Gasteiger partial charge in [-0.1, -0.05) is 25.1 Å². The first-order valence-electron chi connectivity index (χ1n) is 7.34. The minimum absolute atomic E-state index is 0.640. The number of rotatable bonds is 6. The highest BCUT2D eigenvalue weighted by Crippen LogP contribution is 2.32. The molecule has 1 unspecified atom stereocenters. The Labute approximate surface area is 124 Å². The molecule has 1 aromatic heterocycles. The van der Waals surface area contributed by atoms with Crippen LogP contribution in [0.2, 0.25) is 0 Å². The van der Waals surface area contributed by atoms with Gasteiger partial charge in [-0.2, -0.15) is 0 Å². The average molecular weight is 287 g/mol. The van der Waals surface area contributed by atoms with E-state index in [-0.39, 0.29) is 0 Å². The standard InChI is InChI=1S/C16H21N3S/c1-2-13-10-19-16(20-13)11-17-8-7-12-9-18-15-6-4-3-5-14(12)15/h3-6,10,12,17-18H,2,7-9,11H2,1H3. The van der Waals surface area contributed by atoms with Crippen molar-refractivity contribution < 1.29 is 0 Å². The Morgan fingerprint density at radius 1 is 1.40 bits per heavy atom. The molecule has 2 N–H and O–H groups in total. The summed E-state index contributed by atoms with van der Waals surface area (Å²) in [6, 6.07) is 8.65. The maximum atomic E-state index is 4.44. The fourth-order valence-corrected chi connectivity index (χ4v) is 3.51. The zero-order valence-electron chi connectivity index (χ0n) is 11.9. The number of aromatic nitrogens is 1. The Kier molecular flexibility index (Phi) is 4.33. The van der Waals surface area contributed by atoms with E-state index in [1.165, 1.54) is 27.6 Å². The van der Waals surface area contributed by atoms with Crippen LogP contribution in [0.5, 0.6) is 0 Å². The zero-order chi connectivity index (χ0) is 13.8. The fraction of sp³-hybridized carbons (Fsp3) is 0.438. The third-order valence-corrected chi connectivity index (χ3v) is 4.98. The highest BCUT2D eigenvalue weighted by molar-refractivity contribution is 7.11. The SMILES string of the molecule is CCc1cnc(CNCCC2CNc3ccccc32)s1. The van der Waals surface area contributed by atoms with Crippen LogP contribution in [-0.2, 0) is 13.0 Å². The van der Waals surface area contributed by atoms with Crippen molar-refractivity contribution in [2.24, 2.45) is 0 Å². The molecule has 0 saturated carbocycles. The van der Waals surface area contributed by atoms with Crippen molar-refractivity contribution in [3.63, 3.8) is 0 Å². The molecule has 3 nitrogen and oxygen atoms in total. The van der Waals surface area contributed by atoms with Crippen molar-refractivity contribution in [3.05, 3.63) is 45.9 Å². The van der Waals surface area contributed by atoms with E-state index in [2.05, 4.69) is 46.8 Å². The molecule has 1 atom stereocenters. The maximum Gasteiger partial charge on any atom is 0.107 e. The zero-order valence-corrected chi connectivity index (χ0v) is 12.7. The Bertz CT molecular complexity index is 564. The number of nitrogens with one attached hydrogen (secondary N) is 2. The molecule has 1 aliphatic rings. The van der Waals surface area contributed by atoms with E-state index in [1.54, 1.807) is 0 Å². The summed E-state index contributed by atoms with van der Waals surface area (Å²) < 4.78 is 0. The summed E-state index contributed by atoms with van der Waals surface area (Å²) in [4.78, 5) is 5.81. The predicted molar refractivity (Wildman–Crippen MR) is 85.5 cm³/mol. The molecule has 0 fully saturated rings. The number of para-hydroxylation sites is 1. The van der Waals surface area contributed by atoms with Crippen LogP contribution in [0.15, 0.2) is 30.5 Å². The average Bonchev–Trinajstić information content (AvgIpc) is 3.10. The second-order valence-corrected chi connectivity index (χ2v) is 6.40. The van der Waals surface area contributed by atoms with Crippen LogP contribution in [0.4, 0.5) is 5.69 Å². The van der Waals surface area contributed by atoms with Gasteiger partial charge in [0.1, 0.15) is 5.01 Å². The van der Waals surface area contributed by atoms with Crippen molar-refractivity contribution in [1.29, 1.82) is 0 Å². The lowest BCUT2D eigenvalue weighted by molar-refractivity contribution is 0.592. The summed E-state index contributed by atoms with van der Waals surface area (Å²) in [5.74, 6) is 0.640. The highest BCUT2D eigenvalue weighted by Gasteiger charge is 2.20. The van der Waals surface area contributed by atoms with Crippen LogP contribution >= 0.6 is 11.3 Å². The molecule has 106 valence electrons. The van der Waals surface area contributed by atoms with E-state index in [0.717, 1.165) is 26.1 Å². The van der Waals surface area contributed by atoms with E-state index >= 15 is 0 Å². The first-order chi connectivity index (χ1) is 9.86. The van der Waals surface area contributed by atoms with Crippen molar-refractivity contribution in [1.82, 2.24) is 10.3 Å². The predicted octanol–water partition coefficient (Wildman–Crippen LogP) is 3.39. The van der Waals surface area contributed by atoms with E-state index in [9.17, 15) is 0 Å². The van der Waals surface area contributed by atoms with Gasteiger partial charge in [0.25, 0.3) is 0 Å². The summed E-state index contributed by atoms with van der Waals surface area (Å²) in [6.45, 7) is 5.18. The van der Waals surface area contributed by atoms with Gasteiger partial charge in [0, 0.05) is 35.8 Å². The summed E-state index contributed by atoms with van der Waals surface area (Å²) in [5, 5.41) is 8.20. The van der Waals surface area contributed by atoms with E-state index in [4.69, 9.17) is 0 Å². The van der Waals surface area contributed by atoms with Crippen molar-refractivity contribution in [2.75, 3.05) is 18.4 Å². The molecule has 0 aliphatic carbocycles. The second kappa shape index (κ2) is 6.37. The third-order valence-electron chi connectivity index (χ3n) is 3.84. The van der Waals surface area contributed by atoms with Crippen LogP contribution < -0.4 is 10.6 Å². The van der Waals surface area contributed by atoms with Gasteiger partial charge in [-0.25, -0.2) is 4.98 Å². The molecule has 4 heteroatoms. The van der Waals surface area contributed by atoms with E-state index in [0.29, 0.717) is 5.92 Å². The normalized spacial score (nSPS) is 16.9. The van der Waals surface area contributed by atoms with Gasteiger partial charge < -0.3 is 10.6 Å². The lowest BCUT2D eigenvalue weighted by Gasteiger charge is -2.10. The monoisotopic (exact) mass is 287 g/mol. The molecule has 20 heavy (non-hydrogen) atoms. The molecule has 3 rings (SSSR count). The smallest absolute Gasteiger partial charge is 0.107 e. The number of nitrogens with zero attached hydrogens (tertiary/aromatic N) is 1. The number of fused-ring (bicyclic) bond motifs is 1. The molecular weight excluding hydrogens is 266 g/mol. The Hall–Kier alpha value is -1.39. The first-order valence-corrected chi connectivity index (χ1v) is 8.15. The summed E-state index contributed by atoms with van der Waals surface area (Å²) in [6.07, 6.45) is 4.26. The Morgan fingerprint density at radius 3 is 3.15 bits per heavy atom. The van der Waals surface area contributed by atoms with Gasteiger partial charge in [-0.3, -0.25) is 0 Å². The molecule has 1 aliphatic heterocycles. The maximum absolute atomic E-state index is 4.44. The molecule has 0 spiro atoms. The molecular formula is C16H21N3S. The highest BCUT2D eigenvalue weighted by atomic mass is 32.1. The van der Waals surface area contributed by atoms with E-state index in [1.807, 2.05) is 17.5 Å². The number of hydrogen-bond donors (Lipinski definition) is 2. The van der Waals surface area contributed by atoms with Crippen LogP contribution in [-0.4, -0.2) is 18.1 Å². The largest absolute Gasteiger partial charge is 0.384 e. The lowest BCUT2D eigenvalue weighted by atomic mass is 9.98. The number of hydrogen-bond acceptors (Lipinski definition) is 4. The van der Waals surface area contributed by atoms with Crippen molar-refractivity contribution in [3.8, 4) is 0 Å². The van der Waals surface area contributed by atoms with Crippen molar-refractivity contribution >= 4 is 17.0 Å². The van der Waals surface area contributed by atoms with Crippen LogP contribution in [0.3, 0.4) is 0 Å². The van der Waals surface area contributed by atoms with Crippen LogP contribution in [0.1, 0.15) is 34.7 Å². The second-order valence-electron chi connectivity index (χ2n) is 5.20. The quantitative estimate of drug-likeness (QED) is 0.800. The summed E-state index contributed by atoms with van der Waals surface area (Å²) in [5.41, 5.74) is 2.78. The third kappa shape index (κ3) is 3.02. The minimum Gasteiger partial charge on any atom is -0.384 e. The van der Waals surface area contributed by atoms with Crippen LogP contribution in [0, 0.1) is 0 Å². The number of anilines is 1. The summed E-state index contributed by atoms with van der Waals surface area (Å²) in [7, 11) is 0. The van der Waals surface area contributed by atoms with Gasteiger partial charge in [0.05, 0.1) is 0 Å². The topological polar surface area (TPSA) is 37.0 Å². The number of thiazole rings is 1. The Balaban J connectivity index is 1.45. The molecule has 0 amide bonds. The molecule has 2 aromatic rings. The fourth-order valence-electron chi connectivity index (χ4n) is 2.68. The summed E-state index contributed by atoms with van der Waals surface area (Å²) >= 11 is 1.82. The minimum atomic E-state index is 0.640. The molecule has 0 radical (unpaired) electrons. The van der Waals surface area contributed by atoms with Gasteiger partial charge in [-0.15, -0.1) is 11.3 Å². The molecule has 2 heterocycles. The van der Waals surface area contributed by atoms with Crippen LogP contribution in [0.25, 0.3) is 0 Å². The lowest BCUT2D eigenvalue weighted by Crippen LogP contribution is -2.17. The number of aryl methyl sites for hydroxylation is 1. The van der Waals surface area contributed by atoms with Gasteiger partial charge in [0.2, 0.25) is 0 Å². The Morgan fingerprint density at radius 2 is 2.30 bits per heavy atom. The molecule has 0 bridgehead atoms. The number of benzene rings is 1. The van der Waals surface area contributed by atoms with Crippen molar-refractivity contribution in [2.45, 2.75) is 32.2 Å². The molecule has 1 aromatic carbocycles. The van der Waals surface area contributed by atoms with Gasteiger partial charge in [0.15, 0.2) is 0 Å². The first kappa shape index (κ1) is 13.6.